The molecule has 0 unspecified atom stereocenters. The van der Waals surface area contributed by atoms with E-state index in [0.29, 0.717) is 37.2 Å². The average Bonchev–Trinajstić information content (AvgIpc) is 3.55. The van der Waals surface area contributed by atoms with Gasteiger partial charge in [0.05, 0.1) is 37.1 Å². The molecule has 13 heteroatoms. The summed E-state index contributed by atoms with van der Waals surface area (Å²) in [5, 5.41) is 76.3. The fourth-order valence-electron chi connectivity index (χ4n) is 13.3. The Labute approximate surface area is 307 Å². The minimum atomic E-state index is -1.60. The van der Waals surface area contributed by atoms with Crippen molar-refractivity contribution in [2.75, 3.05) is 6.61 Å². The molecule has 8 aliphatic rings. The van der Waals surface area contributed by atoms with Crippen LogP contribution in [0.15, 0.2) is 0 Å². The number of aliphatic hydroxyl groups excluding tert-OH is 7. The van der Waals surface area contributed by atoms with Gasteiger partial charge in [-0.25, -0.2) is 0 Å². The van der Waals surface area contributed by atoms with Crippen molar-refractivity contribution < 1.29 is 64.2 Å². The lowest BCUT2D eigenvalue weighted by Gasteiger charge is -2.63. The summed E-state index contributed by atoms with van der Waals surface area (Å²) in [5.41, 5.74) is -0.122. The second-order valence-electron chi connectivity index (χ2n) is 18.9. The molecule has 0 aromatic heterocycles. The third kappa shape index (κ3) is 5.73. The molecule has 7 N–H and O–H groups in total. The molecule has 4 aliphatic heterocycles. The molecule has 4 aliphatic carbocycles. The molecule has 8 fully saturated rings. The standard InChI is InChI=1S/C39H64O13/c1-16-11-27(41)39(47-15-16)17(2)28-26(52-39)14-23-21-13-25(24-12-20(40)7-9-37(24,5)22(21)8-10-38(23,28)6)50-36-33(46)34(30(43)19(4)49-36)51-35-32(45)31(44)29(42)18(3)48-35/h16-36,40-46H,7-15H2,1-6H3/t16-,17-,18-,19+,20-,21+,22-,23+,24+,25-,26-,27-,28-,29-,30+,31+,32+,33+,34-,35-,36-,37+,38-,39+/m0/s1. The summed E-state index contributed by atoms with van der Waals surface area (Å²) in [7, 11) is 0. The third-order valence-corrected chi connectivity index (χ3v) is 16.1. The maximum absolute atomic E-state index is 11.7. The van der Waals surface area contributed by atoms with Crippen LogP contribution < -0.4 is 0 Å². The highest BCUT2D eigenvalue weighted by Gasteiger charge is 2.71. The van der Waals surface area contributed by atoms with Crippen molar-refractivity contribution in [3.8, 4) is 0 Å². The number of ether oxygens (including phenoxy) is 6. The van der Waals surface area contributed by atoms with Gasteiger partial charge in [-0.05, 0) is 112 Å². The monoisotopic (exact) mass is 740 g/mol. The van der Waals surface area contributed by atoms with Crippen molar-refractivity contribution in [2.45, 2.75) is 185 Å². The van der Waals surface area contributed by atoms with Gasteiger partial charge in [0, 0.05) is 5.92 Å². The Balaban J connectivity index is 1.04. The van der Waals surface area contributed by atoms with Crippen LogP contribution in [0.25, 0.3) is 0 Å². The second-order valence-corrected chi connectivity index (χ2v) is 18.9. The van der Waals surface area contributed by atoms with Gasteiger partial charge >= 0.3 is 0 Å². The minimum absolute atomic E-state index is 0.00617. The Hall–Kier alpha value is -0.520. The minimum Gasteiger partial charge on any atom is -0.393 e. The number of hydrogen-bond donors (Lipinski definition) is 7. The van der Waals surface area contributed by atoms with Gasteiger partial charge in [-0.3, -0.25) is 0 Å². The molecule has 298 valence electrons. The zero-order valence-corrected chi connectivity index (χ0v) is 31.6. The molecule has 0 aromatic rings. The highest BCUT2D eigenvalue weighted by atomic mass is 16.7. The molecule has 1 spiro atoms. The van der Waals surface area contributed by atoms with E-state index in [1.165, 1.54) is 0 Å². The van der Waals surface area contributed by atoms with Crippen LogP contribution in [0, 0.1) is 52.3 Å². The van der Waals surface area contributed by atoms with Gasteiger partial charge in [0.15, 0.2) is 18.4 Å². The fourth-order valence-corrected chi connectivity index (χ4v) is 13.3. The maximum atomic E-state index is 11.7. The highest BCUT2D eigenvalue weighted by Crippen LogP contribution is 2.71. The van der Waals surface area contributed by atoms with Crippen LogP contribution in [0.3, 0.4) is 0 Å². The van der Waals surface area contributed by atoms with Crippen molar-refractivity contribution in [1.82, 2.24) is 0 Å². The summed E-state index contributed by atoms with van der Waals surface area (Å²) in [6.45, 7) is 12.9. The van der Waals surface area contributed by atoms with E-state index in [-0.39, 0.29) is 46.7 Å². The van der Waals surface area contributed by atoms with Crippen LogP contribution in [0.2, 0.25) is 0 Å². The van der Waals surface area contributed by atoms with Crippen LogP contribution in [-0.4, -0.2) is 134 Å². The van der Waals surface area contributed by atoms with E-state index in [1.54, 1.807) is 13.8 Å². The van der Waals surface area contributed by atoms with Crippen molar-refractivity contribution in [2.24, 2.45) is 52.3 Å². The number of fused-ring (bicyclic) bond motifs is 7. The van der Waals surface area contributed by atoms with Gasteiger partial charge in [0.1, 0.15) is 42.7 Å². The molecule has 4 heterocycles. The van der Waals surface area contributed by atoms with Crippen LogP contribution >= 0.6 is 0 Å². The van der Waals surface area contributed by atoms with Crippen LogP contribution in [-0.2, 0) is 28.4 Å². The molecule has 0 radical (unpaired) electrons. The Morgan fingerprint density at radius 1 is 0.635 bits per heavy atom. The summed E-state index contributed by atoms with van der Waals surface area (Å²) >= 11 is 0. The SMILES string of the molecule is C[C@@H]1CO[C@]2(O[C@H]3C[C@@H]4[C@@H]5C[C@H](O[C@@H]6O[C@H](C)[C@@H](O)[C@H](O[C@@H]7O[C@@H](C)[C@H](O)[C@@H](O)[C@H]7O)[C@H]6O)[C@H]6C[C@@H](O)CC[C@]6(C)[C@H]5CC[C@]4(C)[C@H]3[C@@H]2C)[C@@H](O)C1. The zero-order valence-electron chi connectivity index (χ0n) is 31.6. The van der Waals surface area contributed by atoms with Crippen LogP contribution in [0.4, 0.5) is 0 Å². The van der Waals surface area contributed by atoms with Gasteiger partial charge in [-0.1, -0.05) is 27.7 Å². The van der Waals surface area contributed by atoms with E-state index in [1.807, 2.05) is 0 Å². The van der Waals surface area contributed by atoms with E-state index < -0.39 is 79.4 Å². The average molecular weight is 741 g/mol. The summed E-state index contributed by atoms with van der Waals surface area (Å²) in [6.07, 6.45) is -7.54. The van der Waals surface area contributed by atoms with Gasteiger partial charge in [-0.15, -0.1) is 0 Å². The van der Waals surface area contributed by atoms with Crippen molar-refractivity contribution in [3.05, 3.63) is 0 Å². The number of aliphatic hydroxyl groups is 7. The topological polar surface area (TPSA) is 197 Å². The first-order valence-electron chi connectivity index (χ1n) is 20.2. The van der Waals surface area contributed by atoms with Gasteiger partial charge < -0.3 is 64.2 Å². The Bertz CT molecular complexity index is 1310. The largest absolute Gasteiger partial charge is 0.393 e. The molecule has 0 bridgehead atoms. The first-order chi connectivity index (χ1) is 24.5. The van der Waals surface area contributed by atoms with E-state index in [0.717, 1.165) is 38.5 Å². The smallest absolute Gasteiger partial charge is 0.197 e. The zero-order chi connectivity index (χ0) is 37.2. The first kappa shape index (κ1) is 38.4. The van der Waals surface area contributed by atoms with Crippen molar-refractivity contribution in [1.29, 1.82) is 0 Å². The van der Waals surface area contributed by atoms with Gasteiger partial charge in [0.2, 0.25) is 0 Å². The van der Waals surface area contributed by atoms with E-state index in [9.17, 15) is 35.7 Å². The fraction of sp³-hybridized carbons (Fsp3) is 1.00. The molecular weight excluding hydrogens is 676 g/mol. The summed E-state index contributed by atoms with van der Waals surface area (Å²) in [4.78, 5) is 0. The molecule has 52 heavy (non-hydrogen) atoms. The highest BCUT2D eigenvalue weighted by molar-refractivity contribution is 5.17. The lowest BCUT2D eigenvalue weighted by molar-refractivity contribution is -0.363. The third-order valence-electron chi connectivity index (χ3n) is 16.1. The van der Waals surface area contributed by atoms with Gasteiger partial charge in [0.25, 0.3) is 0 Å². The molecule has 8 rings (SSSR count). The lowest BCUT2D eigenvalue weighted by Crippen LogP contribution is -2.64. The molecule has 4 saturated carbocycles. The molecule has 0 amide bonds. The molecule has 4 saturated heterocycles. The van der Waals surface area contributed by atoms with Gasteiger partial charge in [-0.2, -0.15) is 0 Å². The van der Waals surface area contributed by atoms with E-state index in [2.05, 4.69) is 27.7 Å². The lowest BCUT2D eigenvalue weighted by atomic mass is 9.43. The summed E-state index contributed by atoms with van der Waals surface area (Å²) < 4.78 is 37.9. The predicted molar refractivity (Wildman–Crippen MR) is 183 cm³/mol. The quantitative estimate of drug-likeness (QED) is 0.205. The second kappa shape index (κ2) is 13.6. The number of hydrogen-bond acceptors (Lipinski definition) is 13. The predicted octanol–water partition coefficient (Wildman–Crippen LogP) is 1.44. The molecule has 13 nitrogen and oxygen atoms in total. The van der Waals surface area contributed by atoms with Crippen molar-refractivity contribution in [3.63, 3.8) is 0 Å². The Kier molecular flexibility index (Phi) is 10.0. The molecule has 24 atom stereocenters. The number of rotatable bonds is 4. The van der Waals surface area contributed by atoms with E-state index >= 15 is 0 Å². The van der Waals surface area contributed by atoms with Crippen LogP contribution in [0.5, 0.6) is 0 Å². The normalized spacial score (nSPS) is 61.9. The molecular formula is C39H64O13. The summed E-state index contributed by atoms with van der Waals surface area (Å²) in [5.74, 6) is 0.760. The van der Waals surface area contributed by atoms with Crippen LogP contribution in [0.1, 0.15) is 92.9 Å². The van der Waals surface area contributed by atoms with E-state index in [4.69, 9.17) is 28.4 Å². The summed E-state index contributed by atoms with van der Waals surface area (Å²) in [6, 6.07) is 0. The first-order valence-corrected chi connectivity index (χ1v) is 20.2. The maximum Gasteiger partial charge on any atom is 0.197 e. The Morgan fingerprint density at radius 3 is 2.02 bits per heavy atom. The van der Waals surface area contributed by atoms with Crippen molar-refractivity contribution >= 4 is 0 Å². The molecule has 0 aromatic carbocycles. The Morgan fingerprint density at radius 2 is 1.31 bits per heavy atom.